The zero-order chi connectivity index (χ0) is 14.1. The van der Waals surface area contributed by atoms with E-state index in [1.807, 2.05) is 24.3 Å². The highest BCUT2D eigenvalue weighted by Gasteiger charge is 2.10. The highest BCUT2D eigenvalue weighted by molar-refractivity contribution is 7.22. The van der Waals surface area contributed by atoms with Gasteiger partial charge in [-0.3, -0.25) is 10.1 Å². The van der Waals surface area contributed by atoms with E-state index >= 15 is 0 Å². The molecule has 0 saturated carbocycles. The number of nitrogens with two attached hydrogens (primary N) is 1. The van der Waals surface area contributed by atoms with E-state index < -0.39 is 0 Å². The molecule has 0 radical (unpaired) electrons. The molecule has 100 valence electrons. The minimum absolute atomic E-state index is 0.257. The average Bonchev–Trinajstić information content (AvgIpc) is 2.83. The van der Waals surface area contributed by atoms with Crippen LogP contribution in [0.15, 0.2) is 42.5 Å². The van der Waals surface area contributed by atoms with Crippen molar-refractivity contribution in [1.29, 1.82) is 0 Å². The highest BCUT2D eigenvalue weighted by Crippen LogP contribution is 2.26. The van der Waals surface area contributed by atoms with Gasteiger partial charge in [0.2, 0.25) is 0 Å². The van der Waals surface area contributed by atoms with Gasteiger partial charge in [0, 0.05) is 5.56 Å². The summed E-state index contributed by atoms with van der Waals surface area (Å²) in [7, 11) is 0. The number of carbonyl (C=O) groups excluding carboxylic acids is 1. The van der Waals surface area contributed by atoms with E-state index in [0.29, 0.717) is 21.4 Å². The molecule has 4 nitrogen and oxygen atoms in total. The summed E-state index contributed by atoms with van der Waals surface area (Å²) >= 11 is 7.26. The number of benzene rings is 2. The van der Waals surface area contributed by atoms with Crippen LogP contribution >= 0.6 is 22.9 Å². The Bertz CT molecular complexity index is 767. The minimum Gasteiger partial charge on any atom is -0.398 e. The lowest BCUT2D eigenvalue weighted by atomic mass is 10.2. The van der Waals surface area contributed by atoms with Crippen molar-refractivity contribution in [2.45, 2.75) is 0 Å². The quantitative estimate of drug-likeness (QED) is 0.708. The number of hydrogen-bond acceptors (Lipinski definition) is 4. The summed E-state index contributed by atoms with van der Waals surface area (Å²) < 4.78 is 1.03. The Hall–Kier alpha value is -2.11. The van der Waals surface area contributed by atoms with Crippen LogP contribution in [0.5, 0.6) is 0 Å². The van der Waals surface area contributed by atoms with E-state index in [1.165, 1.54) is 11.3 Å². The molecule has 0 aliphatic heterocycles. The summed E-state index contributed by atoms with van der Waals surface area (Å²) in [5, 5.41) is 3.76. The molecule has 1 amide bonds. The second-order valence-corrected chi connectivity index (χ2v) is 5.62. The summed E-state index contributed by atoms with van der Waals surface area (Å²) in [5.41, 5.74) is 7.38. The van der Waals surface area contributed by atoms with E-state index in [2.05, 4.69) is 10.3 Å². The number of nitrogen functional groups attached to an aromatic ring is 1. The van der Waals surface area contributed by atoms with Gasteiger partial charge in [-0.1, -0.05) is 35.1 Å². The van der Waals surface area contributed by atoms with E-state index in [4.69, 9.17) is 17.3 Å². The predicted octanol–water partition coefficient (Wildman–Crippen LogP) is 3.78. The number of nitrogens with zero attached hydrogens (tertiary/aromatic N) is 1. The molecule has 3 rings (SSSR count). The summed E-state index contributed by atoms with van der Waals surface area (Å²) in [4.78, 5) is 16.5. The topological polar surface area (TPSA) is 68.0 Å². The molecule has 0 spiro atoms. The highest BCUT2D eigenvalue weighted by atomic mass is 35.5. The van der Waals surface area contributed by atoms with Gasteiger partial charge in [0.1, 0.15) is 0 Å². The normalized spacial score (nSPS) is 10.7. The lowest BCUT2D eigenvalue weighted by Gasteiger charge is -2.03. The Morgan fingerprint density at radius 1 is 1.25 bits per heavy atom. The molecule has 0 saturated heterocycles. The monoisotopic (exact) mass is 303 g/mol. The van der Waals surface area contributed by atoms with Crippen molar-refractivity contribution >= 4 is 49.9 Å². The Morgan fingerprint density at radius 3 is 2.80 bits per heavy atom. The number of amides is 1. The van der Waals surface area contributed by atoms with Crippen LogP contribution in [0.4, 0.5) is 10.8 Å². The fourth-order valence-electron chi connectivity index (χ4n) is 1.78. The molecule has 1 aromatic heterocycles. The van der Waals surface area contributed by atoms with Gasteiger partial charge in [-0.05, 0) is 30.3 Å². The summed E-state index contributed by atoms with van der Waals surface area (Å²) in [6.07, 6.45) is 0. The van der Waals surface area contributed by atoms with Crippen molar-refractivity contribution in [2.75, 3.05) is 11.1 Å². The van der Waals surface area contributed by atoms with Crippen LogP contribution in [0.1, 0.15) is 10.4 Å². The number of halogens is 1. The molecule has 0 unspecified atom stereocenters. The van der Waals surface area contributed by atoms with E-state index in [1.54, 1.807) is 18.2 Å². The number of hydrogen-bond donors (Lipinski definition) is 2. The van der Waals surface area contributed by atoms with Gasteiger partial charge in [0.25, 0.3) is 5.91 Å². The summed E-state index contributed by atoms with van der Waals surface area (Å²) in [6.45, 7) is 0. The van der Waals surface area contributed by atoms with Gasteiger partial charge < -0.3 is 5.73 Å². The number of thiazole rings is 1. The number of anilines is 2. The molecule has 0 atom stereocenters. The van der Waals surface area contributed by atoms with Crippen molar-refractivity contribution in [1.82, 2.24) is 4.98 Å². The van der Waals surface area contributed by atoms with Crippen molar-refractivity contribution < 1.29 is 4.79 Å². The molecule has 3 aromatic rings. The van der Waals surface area contributed by atoms with Gasteiger partial charge in [0.05, 0.1) is 20.9 Å². The molecule has 2 aromatic carbocycles. The van der Waals surface area contributed by atoms with Crippen LogP contribution in [-0.4, -0.2) is 10.9 Å². The van der Waals surface area contributed by atoms with Gasteiger partial charge in [-0.2, -0.15) is 0 Å². The number of nitrogens with one attached hydrogen (secondary N) is 1. The van der Waals surface area contributed by atoms with Crippen LogP contribution in [0, 0.1) is 0 Å². The fraction of sp³-hybridized carbons (Fsp3) is 0. The first-order valence-corrected chi connectivity index (χ1v) is 7.05. The molecule has 20 heavy (non-hydrogen) atoms. The zero-order valence-electron chi connectivity index (χ0n) is 10.3. The van der Waals surface area contributed by atoms with Crippen molar-refractivity contribution in [3.05, 3.63) is 53.1 Å². The fourth-order valence-corrected chi connectivity index (χ4v) is 2.76. The third-order valence-corrected chi connectivity index (χ3v) is 4.07. The van der Waals surface area contributed by atoms with Crippen LogP contribution in [0.25, 0.3) is 10.2 Å². The number of fused-ring (bicyclic) bond motifs is 1. The van der Waals surface area contributed by atoms with Gasteiger partial charge >= 0.3 is 0 Å². The molecule has 1 heterocycles. The number of para-hydroxylation sites is 1. The summed E-state index contributed by atoms with van der Waals surface area (Å²) in [6, 6.07) is 12.5. The lowest BCUT2D eigenvalue weighted by molar-refractivity contribution is 0.102. The van der Waals surface area contributed by atoms with Crippen LogP contribution < -0.4 is 11.1 Å². The standard InChI is InChI=1S/C14H10ClN3OS/c15-9-6-5-8(7-10(9)16)13(19)18-14-17-11-3-1-2-4-12(11)20-14/h1-7H,16H2,(H,17,18,19). The van der Waals surface area contributed by atoms with Crippen LogP contribution in [-0.2, 0) is 0 Å². The number of carbonyl (C=O) groups is 1. The number of aromatic nitrogens is 1. The minimum atomic E-state index is -0.257. The SMILES string of the molecule is Nc1cc(C(=O)Nc2nc3ccccc3s2)ccc1Cl. The Labute approximate surface area is 124 Å². The number of rotatable bonds is 2. The second-order valence-electron chi connectivity index (χ2n) is 4.18. The largest absolute Gasteiger partial charge is 0.398 e. The smallest absolute Gasteiger partial charge is 0.257 e. The zero-order valence-corrected chi connectivity index (χ0v) is 11.8. The van der Waals surface area contributed by atoms with Crippen molar-refractivity contribution in [2.24, 2.45) is 0 Å². The Balaban J connectivity index is 1.86. The van der Waals surface area contributed by atoms with Gasteiger partial charge in [-0.25, -0.2) is 4.98 Å². The molecule has 0 aliphatic carbocycles. The van der Waals surface area contributed by atoms with Gasteiger partial charge in [-0.15, -0.1) is 0 Å². The third kappa shape index (κ3) is 2.45. The molecule has 3 N–H and O–H groups in total. The van der Waals surface area contributed by atoms with E-state index in [9.17, 15) is 4.79 Å². The molecule has 6 heteroatoms. The second kappa shape index (κ2) is 5.11. The Kier molecular flexibility index (Phi) is 3.30. The Morgan fingerprint density at radius 2 is 2.05 bits per heavy atom. The predicted molar refractivity (Wildman–Crippen MR) is 83.4 cm³/mol. The maximum atomic E-state index is 12.1. The summed E-state index contributed by atoms with van der Waals surface area (Å²) in [5.74, 6) is -0.257. The maximum Gasteiger partial charge on any atom is 0.257 e. The average molecular weight is 304 g/mol. The van der Waals surface area contributed by atoms with E-state index in [0.717, 1.165) is 10.2 Å². The molecular weight excluding hydrogens is 294 g/mol. The molecule has 0 fully saturated rings. The molecular formula is C14H10ClN3OS. The first kappa shape index (κ1) is 12.9. The first-order chi connectivity index (χ1) is 9.63. The maximum absolute atomic E-state index is 12.1. The van der Waals surface area contributed by atoms with Gasteiger partial charge in [0.15, 0.2) is 5.13 Å². The van der Waals surface area contributed by atoms with E-state index in [-0.39, 0.29) is 5.91 Å². The first-order valence-electron chi connectivity index (χ1n) is 5.85. The molecule has 0 aliphatic rings. The van der Waals surface area contributed by atoms with Crippen molar-refractivity contribution in [3.63, 3.8) is 0 Å². The van der Waals surface area contributed by atoms with Crippen molar-refractivity contribution in [3.8, 4) is 0 Å². The third-order valence-electron chi connectivity index (χ3n) is 2.77. The lowest BCUT2D eigenvalue weighted by Crippen LogP contribution is -2.11. The van der Waals surface area contributed by atoms with Crippen LogP contribution in [0.2, 0.25) is 5.02 Å². The molecule has 0 bridgehead atoms. The van der Waals surface area contributed by atoms with Crippen LogP contribution in [0.3, 0.4) is 0 Å².